The minimum absolute atomic E-state index is 0.250. The second-order valence-electron chi connectivity index (χ2n) is 6.45. The van der Waals surface area contributed by atoms with Crippen molar-refractivity contribution in [2.24, 2.45) is 0 Å². The maximum absolute atomic E-state index is 13.4. The van der Waals surface area contributed by atoms with Crippen molar-refractivity contribution in [3.63, 3.8) is 0 Å². The smallest absolute Gasteiger partial charge is 0.407 e. The molecule has 134 valence electrons. The van der Waals surface area contributed by atoms with Crippen LogP contribution in [0.4, 0.5) is 9.18 Å². The second kappa shape index (κ2) is 8.64. The Labute approximate surface area is 156 Å². The van der Waals surface area contributed by atoms with E-state index in [0.717, 1.165) is 0 Å². The van der Waals surface area contributed by atoms with Crippen LogP contribution in [0.2, 0.25) is 0 Å². The van der Waals surface area contributed by atoms with Gasteiger partial charge in [-0.15, -0.1) is 0 Å². The number of hydrogen-bond donors (Lipinski definition) is 1. The molecule has 0 saturated heterocycles. The highest BCUT2D eigenvalue weighted by molar-refractivity contribution is 14.1. The summed E-state index contributed by atoms with van der Waals surface area (Å²) in [6.45, 7) is 9.71. The Hall–Kier alpha value is -1.38. The van der Waals surface area contributed by atoms with Crippen LogP contribution in [0.15, 0.2) is 18.2 Å². The summed E-state index contributed by atoms with van der Waals surface area (Å²) in [5.41, 5.74) is -0.257. The minimum Gasteiger partial charge on any atom is -0.444 e. The normalized spacial score (nSPS) is 12.5. The summed E-state index contributed by atoms with van der Waals surface area (Å²) in [4.78, 5) is 26.0. The molecule has 0 unspecified atom stereocenters. The summed E-state index contributed by atoms with van der Waals surface area (Å²) < 4.78 is 19.3. The number of nitrogens with one attached hydrogen (secondary N) is 1. The van der Waals surface area contributed by atoms with Gasteiger partial charge >= 0.3 is 6.09 Å². The number of likely N-dealkylation sites (N-methyl/N-ethyl adjacent to an activating group) is 1. The van der Waals surface area contributed by atoms with Gasteiger partial charge in [-0.1, -0.05) is 0 Å². The summed E-state index contributed by atoms with van der Waals surface area (Å²) in [7, 11) is 0. The average Bonchev–Trinajstić information content (AvgIpc) is 2.46. The number of alkyl carbamates (subject to hydrolysis) is 1. The van der Waals surface area contributed by atoms with Gasteiger partial charge in [0.15, 0.2) is 0 Å². The van der Waals surface area contributed by atoms with Crippen LogP contribution >= 0.6 is 22.6 Å². The number of carbonyl (C=O) groups is 2. The number of rotatable bonds is 5. The number of carbonyl (C=O) groups excluding carboxylic acids is 2. The Bertz CT molecular complexity index is 602. The molecule has 0 aliphatic carbocycles. The molecule has 0 aliphatic rings. The molecule has 24 heavy (non-hydrogen) atoms. The molecule has 0 spiro atoms. The van der Waals surface area contributed by atoms with E-state index in [4.69, 9.17) is 4.74 Å². The van der Waals surface area contributed by atoms with Gasteiger partial charge < -0.3 is 15.0 Å². The zero-order valence-corrected chi connectivity index (χ0v) is 16.8. The first-order valence-corrected chi connectivity index (χ1v) is 8.86. The van der Waals surface area contributed by atoms with Crippen LogP contribution in [-0.2, 0) is 4.74 Å². The van der Waals surface area contributed by atoms with Crippen molar-refractivity contribution in [2.75, 3.05) is 13.1 Å². The highest BCUT2D eigenvalue weighted by Crippen LogP contribution is 2.17. The van der Waals surface area contributed by atoms with E-state index in [9.17, 15) is 14.0 Å². The maximum atomic E-state index is 13.4. The van der Waals surface area contributed by atoms with Crippen LogP contribution in [0.3, 0.4) is 0 Å². The average molecular weight is 450 g/mol. The van der Waals surface area contributed by atoms with Gasteiger partial charge in [-0.3, -0.25) is 4.79 Å². The van der Waals surface area contributed by atoms with E-state index in [2.05, 4.69) is 5.32 Å². The number of amides is 2. The summed E-state index contributed by atoms with van der Waals surface area (Å²) in [5.74, 6) is -0.714. The summed E-state index contributed by atoms with van der Waals surface area (Å²) in [6.07, 6.45) is -0.529. The molecule has 0 saturated carbocycles. The molecule has 1 aromatic carbocycles. The molecule has 1 atom stereocenters. The Morgan fingerprint density at radius 1 is 1.38 bits per heavy atom. The lowest BCUT2D eigenvalue weighted by Crippen LogP contribution is -2.46. The molecule has 1 N–H and O–H groups in total. The molecular weight excluding hydrogens is 426 g/mol. The molecule has 0 aromatic heterocycles. The SMILES string of the molecule is CCN(C(=O)c1cc(F)ccc1I)[C@@H](C)CNC(=O)OC(C)(C)C. The van der Waals surface area contributed by atoms with Crippen molar-refractivity contribution in [1.82, 2.24) is 10.2 Å². The van der Waals surface area contributed by atoms with Gasteiger partial charge in [0, 0.05) is 22.7 Å². The Morgan fingerprint density at radius 3 is 2.54 bits per heavy atom. The lowest BCUT2D eigenvalue weighted by atomic mass is 10.1. The van der Waals surface area contributed by atoms with Crippen LogP contribution in [0.1, 0.15) is 45.0 Å². The monoisotopic (exact) mass is 450 g/mol. The molecule has 7 heteroatoms. The second-order valence-corrected chi connectivity index (χ2v) is 7.61. The third-order valence-electron chi connectivity index (χ3n) is 3.23. The number of benzene rings is 1. The van der Waals surface area contributed by atoms with Gasteiger partial charge in [0.2, 0.25) is 0 Å². The van der Waals surface area contributed by atoms with Crippen LogP contribution in [0.25, 0.3) is 0 Å². The molecule has 0 bridgehead atoms. The summed E-state index contributed by atoms with van der Waals surface area (Å²) in [6, 6.07) is 3.87. The zero-order chi connectivity index (χ0) is 18.5. The predicted octanol–water partition coefficient (Wildman–Crippen LogP) is 3.81. The van der Waals surface area contributed by atoms with Crippen molar-refractivity contribution >= 4 is 34.6 Å². The number of halogens is 2. The first-order valence-electron chi connectivity index (χ1n) is 7.78. The first kappa shape index (κ1) is 20.7. The highest BCUT2D eigenvalue weighted by Gasteiger charge is 2.23. The van der Waals surface area contributed by atoms with Crippen LogP contribution in [-0.4, -0.2) is 41.6 Å². The Morgan fingerprint density at radius 2 is 2.00 bits per heavy atom. The van der Waals surface area contributed by atoms with Gasteiger partial charge in [-0.05, 0) is 75.4 Å². The number of nitrogens with zero attached hydrogens (tertiary/aromatic N) is 1. The molecule has 0 radical (unpaired) electrons. The minimum atomic E-state index is -0.578. The fourth-order valence-corrected chi connectivity index (χ4v) is 2.69. The standard InChI is InChI=1S/C17H24FIN2O3/c1-6-21(11(2)10-20-16(23)24-17(3,4)5)15(22)13-9-12(18)7-8-14(13)19/h7-9,11H,6,10H2,1-5H3,(H,20,23)/t11-/m0/s1. The lowest BCUT2D eigenvalue weighted by molar-refractivity contribution is 0.0494. The quantitative estimate of drug-likeness (QED) is 0.695. The van der Waals surface area contributed by atoms with Gasteiger partial charge in [0.05, 0.1) is 5.56 Å². The van der Waals surface area contributed by atoms with Gasteiger partial charge in [0.25, 0.3) is 5.91 Å². The van der Waals surface area contributed by atoms with Crippen molar-refractivity contribution in [1.29, 1.82) is 0 Å². The van der Waals surface area contributed by atoms with E-state index < -0.39 is 17.5 Å². The van der Waals surface area contributed by atoms with E-state index >= 15 is 0 Å². The summed E-state index contributed by atoms with van der Waals surface area (Å²) in [5, 5.41) is 2.66. The zero-order valence-electron chi connectivity index (χ0n) is 14.7. The van der Waals surface area contributed by atoms with Crippen LogP contribution in [0.5, 0.6) is 0 Å². The molecule has 5 nitrogen and oxygen atoms in total. The molecule has 1 aromatic rings. The predicted molar refractivity (Wildman–Crippen MR) is 99.5 cm³/mol. The number of ether oxygens (including phenoxy) is 1. The van der Waals surface area contributed by atoms with E-state index in [-0.39, 0.29) is 18.5 Å². The van der Waals surface area contributed by atoms with Crippen molar-refractivity contribution in [3.8, 4) is 0 Å². The largest absolute Gasteiger partial charge is 0.444 e. The van der Waals surface area contributed by atoms with E-state index in [1.807, 2.05) is 36.4 Å². The maximum Gasteiger partial charge on any atom is 0.407 e. The molecule has 0 aliphatic heterocycles. The van der Waals surface area contributed by atoms with E-state index in [1.165, 1.54) is 12.1 Å². The molecule has 0 heterocycles. The first-order chi connectivity index (χ1) is 11.0. The summed E-state index contributed by atoms with van der Waals surface area (Å²) >= 11 is 2.01. The fraction of sp³-hybridized carbons (Fsp3) is 0.529. The lowest BCUT2D eigenvalue weighted by Gasteiger charge is -2.29. The topological polar surface area (TPSA) is 58.6 Å². The van der Waals surface area contributed by atoms with E-state index in [0.29, 0.717) is 15.7 Å². The fourth-order valence-electron chi connectivity index (χ4n) is 2.13. The molecular formula is C17H24FIN2O3. The third kappa shape index (κ3) is 6.26. The van der Waals surface area contributed by atoms with Crippen LogP contribution in [0, 0.1) is 9.39 Å². The van der Waals surface area contributed by atoms with Crippen molar-refractivity contribution in [3.05, 3.63) is 33.1 Å². The molecule has 0 fully saturated rings. The third-order valence-corrected chi connectivity index (χ3v) is 4.17. The Kier molecular flexibility index (Phi) is 7.44. The Balaban J connectivity index is 2.76. The van der Waals surface area contributed by atoms with Crippen molar-refractivity contribution in [2.45, 2.75) is 46.3 Å². The number of hydrogen-bond acceptors (Lipinski definition) is 3. The highest BCUT2D eigenvalue weighted by atomic mass is 127. The van der Waals surface area contributed by atoms with Gasteiger partial charge in [-0.2, -0.15) is 0 Å². The van der Waals surface area contributed by atoms with Crippen molar-refractivity contribution < 1.29 is 18.7 Å². The van der Waals surface area contributed by atoms with Crippen LogP contribution < -0.4 is 5.32 Å². The van der Waals surface area contributed by atoms with E-state index in [1.54, 1.807) is 31.7 Å². The van der Waals surface area contributed by atoms with Gasteiger partial charge in [-0.25, -0.2) is 9.18 Å². The molecule has 1 rings (SSSR count). The van der Waals surface area contributed by atoms with Gasteiger partial charge in [0.1, 0.15) is 11.4 Å². The molecule has 2 amide bonds.